The highest BCUT2D eigenvalue weighted by atomic mass is 32.1. The molecule has 1 fully saturated rings. The summed E-state index contributed by atoms with van der Waals surface area (Å²) in [5, 5.41) is 5.54. The summed E-state index contributed by atoms with van der Waals surface area (Å²) in [5.41, 5.74) is -1.77. The number of aromatic nitrogens is 3. The van der Waals surface area contributed by atoms with Crippen molar-refractivity contribution in [3.63, 3.8) is 0 Å². The van der Waals surface area contributed by atoms with E-state index in [1.807, 2.05) is 17.5 Å². The number of hydrogen-bond donors (Lipinski definition) is 1. The molecule has 1 N–H and O–H groups in total. The monoisotopic (exact) mass is 442 g/mol. The van der Waals surface area contributed by atoms with Gasteiger partial charge in [0.15, 0.2) is 5.82 Å². The molecule has 9 nitrogen and oxygen atoms in total. The molecule has 0 spiro atoms. The molecule has 0 amide bonds. The van der Waals surface area contributed by atoms with Crippen molar-refractivity contribution in [3.05, 3.63) is 35.8 Å². The first-order chi connectivity index (χ1) is 14.8. The quantitative estimate of drug-likeness (QED) is 0.477. The summed E-state index contributed by atoms with van der Waals surface area (Å²) < 4.78 is 16.2. The average molecular weight is 442 g/mol. The van der Waals surface area contributed by atoms with E-state index in [1.54, 1.807) is 39.1 Å². The SMILES string of the molecule is CC(C)(C)OC(=O)OC(=O)[C@]1(Oc2nc(-c3ccccn3)nc3sccc23)CCCN1. The molecule has 0 radical (unpaired) electrons. The fourth-order valence-electron chi connectivity index (χ4n) is 3.13. The smallest absolute Gasteiger partial charge is 0.444 e. The normalized spacial score (nSPS) is 18.7. The highest BCUT2D eigenvalue weighted by molar-refractivity contribution is 7.16. The van der Waals surface area contributed by atoms with Crippen molar-refractivity contribution in [2.45, 2.75) is 44.9 Å². The number of fused-ring (bicyclic) bond motifs is 1. The van der Waals surface area contributed by atoms with Gasteiger partial charge in [0, 0.05) is 12.6 Å². The molecule has 0 unspecified atom stereocenters. The van der Waals surface area contributed by atoms with E-state index in [-0.39, 0.29) is 5.88 Å². The third kappa shape index (κ3) is 4.64. The first kappa shape index (κ1) is 21.1. The minimum Gasteiger partial charge on any atom is -0.444 e. The van der Waals surface area contributed by atoms with Crippen LogP contribution in [-0.4, -0.2) is 44.9 Å². The summed E-state index contributed by atoms with van der Waals surface area (Å²) in [4.78, 5) is 39.0. The van der Waals surface area contributed by atoms with Crippen molar-refractivity contribution in [2.75, 3.05) is 6.54 Å². The molecule has 0 saturated carbocycles. The molecule has 1 saturated heterocycles. The van der Waals surface area contributed by atoms with E-state index >= 15 is 0 Å². The number of carbonyl (C=O) groups excluding carboxylic acids is 2. The first-order valence-electron chi connectivity index (χ1n) is 9.82. The van der Waals surface area contributed by atoms with E-state index in [2.05, 4.69) is 20.3 Å². The van der Waals surface area contributed by atoms with Crippen LogP contribution in [0.4, 0.5) is 4.79 Å². The van der Waals surface area contributed by atoms with E-state index in [9.17, 15) is 9.59 Å². The lowest BCUT2D eigenvalue weighted by molar-refractivity contribution is -0.161. The Bertz CT molecular complexity index is 1100. The number of esters is 1. The zero-order chi connectivity index (χ0) is 22.1. The predicted octanol–water partition coefficient (Wildman–Crippen LogP) is 3.69. The summed E-state index contributed by atoms with van der Waals surface area (Å²) >= 11 is 1.42. The Morgan fingerprint density at radius 1 is 1.19 bits per heavy atom. The van der Waals surface area contributed by atoms with E-state index in [0.717, 1.165) is 0 Å². The van der Waals surface area contributed by atoms with Crippen molar-refractivity contribution in [3.8, 4) is 17.4 Å². The second-order valence-corrected chi connectivity index (χ2v) is 8.91. The number of pyridine rings is 1. The van der Waals surface area contributed by atoms with Gasteiger partial charge in [-0.25, -0.2) is 14.6 Å². The van der Waals surface area contributed by atoms with Gasteiger partial charge >= 0.3 is 12.1 Å². The van der Waals surface area contributed by atoms with Crippen LogP contribution in [0.15, 0.2) is 35.8 Å². The summed E-state index contributed by atoms with van der Waals surface area (Å²) in [6.45, 7) is 5.58. The first-order valence-corrected chi connectivity index (χ1v) is 10.7. The molecule has 1 aliphatic heterocycles. The van der Waals surface area contributed by atoms with Crippen molar-refractivity contribution < 1.29 is 23.8 Å². The largest absolute Gasteiger partial charge is 0.516 e. The summed E-state index contributed by atoms with van der Waals surface area (Å²) in [6, 6.07) is 7.25. The van der Waals surface area contributed by atoms with Crippen molar-refractivity contribution in [1.82, 2.24) is 20.3 Å². The molecule has 0 aliphatic carbocycles. The zero-order valence-corrected chi connectivity index (χ0v) is 18.2. The number of nitrogens with zero attached hydrogens (tertiary/aromatic N) is 3. The molecule has 0 aromatic carbocycles. The number of carbonyl (C=O) groups is 2. The van der Waals surface area contributed by atoms with Gasteiger partial charge in [-0.3, -0.25) is 10.3 Å². The Kier molecular flexibility index (Phi) is 5.59. The Hall–Kier alpha value is -3.11. The zero-order valence-electron chi connectivity index (χ0n) is 17.4. The van der Waals surface area contributed by atoms with Gasteiger partial charge in [0.05, 0.1) is 5.39 Å². The molecular weight excluding hydrogens is 420 g/mol. The molecule has 1 atom stereocenters. The third-order valence-electron chi connectivity index (χ3n) is 4.47. The lowest BCUT2D eigenvalue weighted by Crippen LogP contribution is -2.54. The van der Waals surface area contributed by atoms with Gasteiger partial charge in [-0.05, 0) is 57.3 Å². The van der Waals surface area contributed by atoms with Gasteiger partial charge in [-0.2, -0.15) is 4.98 Å². The van der Waals surface area contributed by atoms with Gasteiger partial charge in [0.2, 0.25) is 5.88 Å². The highest BCUT2D eigenvalue weighted by Crippen LogP contribution is 2.33. The Morgan fingerprint density at radius 2 is 2.03 bits per heavy atom. The van der Waals surface area contributed by atoms with Gasteiger partial charge in [0.25, 0.3) is 5.72 Å². The predicted molar refractivity (Wildman–Crippen MR) is 114 cm³/mol. The average Bonchev–Trinajstić information content (AvgIpc) is 3.37. The van der Waals surface area contributed by atoms with E-state index in [0.29, 0.717) is 41.1 Å². The maximum atomic E-state index is 12.9. The second kappa shape index (κ2) is 8.20. The Morgan fingerprint density at radius 3 is 2.71 bits per heavy atom. The van der Waals surface area contributed by atoms with Crippen LogP contribution in [0.5, 0.6) is 5.88 Å². The van der Waals surface area contributed by atoms with Crippen LogP contribution in [0.2, 0.25) is 0 Å². The van der Waals surface area contributed by atoms with E-state index in [1.165, 1.54) is 11.3 Å². The number of ether oxygens (including phenoxy) is 3. The maximum absolute atomic E-state index is 12.9. The minimum atomic E-state index is -1.55. The van der Waals surface area contributed by atoms with E-state index < -0.39 is 23.5 Å². The molecule has 1 aliphatic rings. The van der Waals surface area contributed by atoms with Gasteiger partial charge in [0.1, 0.15) is 16.1 Å². The van der Waals surface area contributed by atoms with Gasteiger partial charge in [-0.1, -0.05) is 6.07 Å². The lowest BCUT2D eigenvalue weighted by atomic mass is 10.1. The van der Waals surface area contributed by atoms with Crippen LogP contribution in [0.3, 0.4) is 0 Å². The van der Waals surface area contributed by atoms with Gasteiger partial charge < -0.3 is 14.2 Å². The molecule has 3 aromatic heterocycles. The van der Waals surface area contributed by atoms with Crippen molar-refractivity contribution in [1.29, 1.82) is 0 Å². The molecule has 4 heterocycles. The Balaban J connectivity index is 1.66. The van der Waals surface area contributed by atoms with Crippen molar-refractivity contribution >= 4 is 33.7 Å². The van der Waals surface area contributed by atoms with Crippen molar-refractivity contribution in [2.24, 2.45) is 0 Å². The topological polar surface area (TPSA) is 113 Å². The third-order valence-corrected chi connectivity index (χ3v) is 5.27. The van der Waals surface area contributed by atoms with Crippen LogP contribution < -0.4 is 10.1 Å². The molecular formula is C21H22N4O5S. The summed E-state index contributed by atoms with van der Waals surface area (Å²) in [6.07, 6.45) is 1.54. The number of hydrogen-bond acceptors (Lipinski definition) is 10. The summed E-state index contributed by atoms with van der Waals surface area (Å²) in [7, 11) is 0. The summed E-state index contributed by atoms with van der Waals surface area (Å²) in [5.74, 6) is -0.290. The highest BCUT2D eigenvalue weighted by Gasteiger charge is 2.47. The molecule has 4 rings (SSSR count). The molecule has 0 bridgehead atoms. The Labute approximate surface area is 182 Å². The number of nitrogens with one attached hydrogen (secondary N) is 1. The van der Waals surface area contributed by atoms with Crippen LogP contribution in [0, 0.1) is 0 Å². The molecule has 10 heteroatoms. The van der Waals surface area contributed by atoms with Crippen LogP contribution >= 0.6 is 11.3 Å². The molecule has 162 valence electrons. The lowest BCUT2D eigenvalue weighted by Gasteiger charge is -2.28. The fraction of sp³-hybridized carbons (Fsp3) is 0.381. The maximum Gasteiger partial charge on any atom is 0.516 e. The van der Waals surface area contributed by atoms with Gasteiger partial charge in [-0.15, -0.1) is 11.3 Å². The fourth-order valence-corrected chi connectivity index (χ4v) is 3.88. The number of rotatable bonds is 4. The second-order valence-electron chi connectivity index (χ2n) is 8.02. The molecule has 3 aromatic rings. The van der Waals surface area contributed by atoms with E-state index in [4.69, 9.17) is 14.2 Å². The standard InChI is InChI=1S/C21H22N4O5S/c1-20(2,3)30-19(27)28-18(26)21(9-6-11-23-21)29-16-13-8-12-31-17(13)25-15(24-16)14-7-4-5-10-22-14/h4-5,7-8,10,12,23H,6,9,11H2,1-3H3/t21-/m1/s1. The van der Waals surface area contributed by atoms with Crippen LogP contribution in [0.1, 0.15) is 33.6 Å². The van der Waals surface area contributed by atoms with Crippen LogP contribution in [-0.2, 0) is 14.3 Å². The minimum absolute atomic E-state index is 0.211. The number of thiophene rings is 1. The van der Waals surface area contributed by atoms with Crippen LogP contribution in [0.25, 0.3) is 21.7 Å². The molecule has 31 heavy (non-hydrogen) atoms.